The molecule has 26 heavy (non-hydrogen) atoms. The van der Waals surface area contributed by atoms with Gasteiger partial charge in [-0.05, 0) is 50.4 Å². The minimum Gasteiger partial charge on any atom is -0.465 e. The highest BCUT2D eigenvalue weighted by Crippen LogP contribution is 2.64. The van der Waals surface area contributed by atoms with Crippen LogP contribution in [-0.4, -0.2) is 40.1 Å². The Hall–Kier alpha value is -0.170. The van der Waals surface area contributed by atoms with Crippen LogP contribution in [0.25, 0.3) is 0 Å². The van der Waals surface area contributed by atoms with Crippen molar-refractivity contribution in [2.75, 3.05) is 6.61 Å². The fourth-order valence-electron chi connectivity index (χ4n) is 5.15. The zero-order chi connectivity index (χ0) is 19.6. The first-order valence-corrected chi connectivity index (χ1v) is 10.8. The topological polar surface area (TPSA) is 80.7 Å². The maximum absolute atomic E-state index is 13.5. The van der Waals surface area contributed by atoms with Crippen LogP contribution in [0.1, 0.15) is 44.9 Å². The quantitative estimate of drug-likeness (QED) is 0.192. The van der Waals surface area contributed by atoms with E-state index >= 15 is 0 Å². The molecule has 0 spiro atoms. The number of carbonyl (C=O) groups is 1. The Morgan fingerprint density at radius 2 is 1.69 bits per heavy atom. The summed E-state index contributed by atoms with van der Waals surface area (Å²) in [6.07, 6.45) is 3.19. The first-order valence-electron chi connectivity index (χ1n) is 8.29. The van der Waals surface area contributed by atoms with Gasteiger partial charge in [-0.15, -0.1) is 0 Å². The van der Waals surface area contributed by atoms with Gasteiger partial charge < -0.3 is 4.74 Å². The monoisotopic (exact) mass is 514 g/mol. The van der Waals surface area contributed by atoms with Gasteiger partial charge in [0, 0.05) is 3.42 Å². The summed E-state index contributed by atoms with van der Waals surface area (Å²) in [6, 6.07) is 0. The van der Waals surface area contributed by atoms with E-state index in [0.717, 1.165) is 19.3 Å². The van der Waals surface area contributed by atoms with Gasteiger partial charge in [0.05, 0.1) is 18.4 Å². The van der Waals surface area contributed by atoms with Gasteiger partial charge in [0.1, 0.15) is 0 Å². The highest BCUT2D eigenvalue weighted by atomic mass is 127. The Morgan fingerprint density at radius 3 is 2.15 bits per heavy atom. The molecule has 0 radical (unpaired) electrons. The molecule has 0 heterocycles. The molecule has 4 saturated carbocycles. The molecule has 0 aromatic rings. The molecule has 4 fully saturated rings. The van der Waals surface area contributed by atoms with Crippen molar-refractivity contribution < 1.29 is 40.1 Å². The molecule has 4 aliphatic carbocycles. The van der Waals surface area contributed by atoms with Crippen molar-refractivity contribution in [2.24, 2.45) is 17.3 Å². The Morgan fingerprint density at radius 1 is 1.15 bits per heavy atom. The van der Waals surface area contributed by atoms with Crippen molar-refractivity contribution in [2.45, 2.75) is 59.5 Å². The molecule has 11 heteroatoms. The van der Waals surface area contributed by atoms with Crippen molar-refractivity contribution in [3.8, 4) is 0 Å². The maximum Gasteiger partial charge on any atom is 0.431 e. The van der Waals surface area contributed by atoms with E-state index in [1.165, 1.54) is 0 Å². The lowest BCUT2D eigenvalue weighted by molar-refractivity contribution is -0.184. The minimum atomic E-state index is -6.28. The van der Waals surface area contributed by atoms with Crippen LogP contribution >= 0.6 is 22.6 Å². The van der Waals surface area contributed by atoms with E-state index in [2.05, 4.69) is 22.6 Å². The molecule has 5 nitrogen and oxygen atoms in total. The van der Waals surface area contributed by atoms with Crippen molar-refractivity contribution >= 4 is 38.7 Å². The average Bonchev–Trinajstić information content (AvgIpc) is 2.42. The van der Waals surface area contributed by atoms with Crippen LogP contribution in [0.2, 0.25) is 0 Å². The van der Waals surface area contributed by atoms with Crippen molar-refractivity contribution in [1.82, 2.24) is 0 Å². The molecule has 2 unspecified atom stereocenters. The largest absolute Gasteiger partial charge is 0.465 e. The van der Waals surface area contributed by atoms with Crippen LogP contribution in [0.5, 0.6) is 0 Å². The van der Waals surface area contributed by atoms with Gasteiger partial charge in [0.2, 0.25) is 0 Å². The number of halogens is 5. The SMILES string of the molecule is O=C(OCCC(F)(F)C(F)(F)S(=O)(=O)O)C12CC3CC(CC(I)(C3)C1)C2. The summed E-state index contributed by atoms with van der Waals surface area (Å²) >= 11 is 2.36. The number of rotatable bonds is 6. The fourth-order valence-corrected chi connectivity index (χ4v) is 7.60. The number of hydrogen-bond donors (Lipinski definition) is 1. The Labute approximate surface area is 162 Å². The Balaban J connectivity index is 1.63. The highest BCUT2D eigenvalue weighted by Gasteiger charge is 2.65. The lowest BCUT2D eigenvalue weighted by Crippen LogP contribution is -2.56. The molecule has 0 amide bonds. The Kier molecular flexibility index (Phi) is 4.87. The number of alkyl halides is 5. The molecule has 0 aromatic carbocycles. The normalized spacial score (nSPS) is 37.0. The van der Waals surface area contributed by atoms with Crippen LogP contribution in [0.3, 0.4) is 0 Å². The summed E-state index contributed by atoms with van der Waals surface area (Å²) in [5.74, 6) is -4.96. The molecule has 2 atom stereocenters. The predicted molar refractivity (Wildman–Crippen MR) is 90.9 cm³/mol. The third kappa shape index (κ3) is 3.36. The number of ether oxygens (including phenoxy) is 1. The number of carbonyl (C=O) groups excluding carboxylic acids is 1. The number of esters is 1. The molecule has 0 aromatic heterocycles. The van der Waals surface area contributed by atoms with E-state index in [9.17, 15) is 30.8 Å². The minimum absolute atomic E-state index is 0.0111. The molecule has 1 N–H and O–H groups in total. The average molecular weight is 514 g/mol. The van der Waals surface area contributed by atoms with E-state index in [-0.39, 0.29) is 3.42 Å². The first kappa shape index (κ1) is 20.6. The summed E-state index contributed by atoms with van der Waals surface area (Å²) in [6.45, 7) is -1.04. The lowest BCUT2D eigenvalue weighted by Gasteiger charge is -2.58. The molecular weight excluding hydrogens is 495 g/mol. The standard InChI is InChI=1S/C15H19F4IO5S/c16-14(17,15(18,19)26(22,23)24)1-2-25-11(21)12-4-9-3-10(5-12)7-13(20,6-9)8-12/h9-10H,1-8H2,(H,22,23,24). The van der Waals surface area contributed by atoms with Gasteiger partial charge in [-0.2, -0.15) is 26.0 Å². The Bertz CT molecular complexity index is 697. The van der Waals surface area contributed by atoms with Crippen molar-refractivity contribution in [1.29, 1.82) is 0 Å². The van der Waals surface area contributed by atoms with Crippen LogP contribution in [0.15, 0.2) is 0 Å². The van der Waals surface area contributed by atoms with Gasteiger partial charge in [-0.25, -0.2) is 0 Å². The zero-order valence-electron chi connectivity index (χ0n) is 13.7. The third-order valence-corrected chi connectivity index (χ3v) is 8.03. The van der Waals surface area contributed by atoms with E-state index in [1.54, 1.807) is 0 Å². The fraction of sp³-hybridized carbons (Fsp3) is 0.933. The van der Waals surface area contributed by atoms with Gasteiger partial charge in [0.25, 0.3) is 0 Å². The summed E-state index contributed by atoms with van der Waals surface area (Å²) < 4.78 is 87.4. The summed E-state index contributed by atoms with van der Waals surface area (Å²) in [5, 5.41) is -5.64. The van der Waals surface area contributed by atoms with Gasteiger partial charge in [-0.3, -0.25) is 9.35 Å². The predicted octanol–water partition coefficient (Wildman–Crippen LogP) is 3.81. The third-order valence-electron chi connectivity index (χ3n) is 5.82. The van der Waals surface area contributed by atoms with Crippen molar-refractivity contribution in [3.63, 3.8) is 0 Å². The highest BCUT2D eigenvalue weighted by molar-refractivity contribution is 14.1. The van der Waals surface area contributed by atoms with Crippen LogP contribution in [-0.2, 0) is 19.6 Å². The van der Waals surface area contributed by atoms with Crippen LogP contribution in [0.4, 0.5) is 17.6 Å². The van der Waals surface area contributed by atoms with Gasteiger partial charge in [-0.1, -0.05) is 22.6 Å². The maximum atomic E-state index is 13.5. The van der Waals surface area contributed by atoms with Crippen LogP contribution in [0, 0.1) is 17.3 Å². The zero-order valence-corrected chi connectivity index (χ0v) is 16.7. The molecular formula is C15H19F4IO5S. The molecule has 4 aliphatic rings. The number of hydrogen-bond acceptors (Lipinski definition) is 4. The summed E-state index contributed by atoms with van der Waals surface area (Å²) in [5.41, 5.74) is -0.758. The second-order valence-electron chi connectivity index (χ2n) is 7.97. The van der Waals surface area contributed by atoms with Gasteiger partial charge >= 0.3 is 27.3 Å². The lowest BCUT2D eigenvalue weighted by atomic mass is 9.49. The second-order valence-corrected chi connectivity index (χ2v) is 11.7. The summed E-state index contributed by atoms with van der Waals surface area (Å²) in [4.78, 5) is 12.5. The van der Waals surface area contributed by atoms with Crippen molar-refractivity contribution in [3.05, 3.63) is 0 Å². The van der Waals surface area contributed by atoms with Crippen LogP contribution < -0.4 is 0 Å². The molecule has 4 bridgehead atoms. The molecule has 0 aliphatic heterocycles. The smallest absolute Gasteiger partial charge is 0.431 e. The van der Waals surface area contributed by atoms with E-state index in [0.29, 0.717) is 31.1 Å². The van der Waals surface area contributed by atoms with E-state index in [1.807, 2.05) is 0 Å². The summed E-state index contributed by atoms with van der Waals surface area (Å²) in [7, 11) is -6.28. The molecule has 0 saturated heterocycles. The van der Waals surface area contributed by atoms with E-state index in [4.69, 9.17) is 9.29 Å². The van der Waals surface area contributed by atoms with Gasteiger partial charge in [0.15, 0.2) is 0 Å². The second kappa shape index (κ2) is 6.16. The molecule has 150 valence electrons. The van der Waals surface area contributed by atoms with E-state index < -0.39 is 45.7 Å². The molecule has 4 rings (SSSR count). The first-order chi connectivity index (χ1) is 11.7.